The maximum absolute atomic E-state index is 13.2. The molecular weight excluding hydrogens is 497 g/mol. The predicted octanol–water partition coefficient (Wildman–Crippen LogP) is 5.67. The van der Waals surface area contributed by atoms with Crippen molar-refractivity contribution in [2.45, 2.75) is 18.5 Å². The summed E-state index contributed by atoms with van der Waals surface area (Å²) in [4.78, 5) is 19.3. The van der Waals surface area contributed by atoms with Crippen LogP contribution in [0.2, 0.25) is 5.02 Å². The number of aromatic nitrogens is 2. The summed E-state index contributed by atoms with van der Waals surface area (Å²) < 4.78 is 15.3. The third-order valence-corrected chi connectivity index (χ3v) is 6.66. The fraction of sp³-hybridized carbons (Fsp3) is 0.148. The summed E-state index contributed by atoms with van der Waals surface area (Å²) in [6, 6.07) is 22.7. The zero-order valence-corrected chi connectivity index (χ0v) is 20.7. The first-order valence-corrected chi connectivity index (χ1v) is 12.2. The maximum Gasteiger partial charge on any atom is 0.226 e. The van der Waals surface area contributed by atoms with E-state index in [4.69, 9.17) is 23.8 Å². The second-order valence-corrected chi connectivity index (χ2v) is 9.23. The van der Waals surface area contributed by atoms with Gasteiger partial charge in [0.25, 0.3) is 0 Å². The number of pyridine rings is 1. The molecule has 0 radical (unpaired) electrons. The molecule has 5 rings (SSSR count). The van der Waals surface area contributed by atoms with Crippen molar-refractivity contribution < 1.29 is 9.18 Å². The lowest BCUT2D eigenvalue weighted by molar-refractivity contribution is -0.116. The lowest BCUT2D eigenvalue weighted by Crippen LogP contribution is -2.33. The Morgan fingerprint density at radius 1 is 1.08 bits per heavy atom. The van der Waals surface area contributed by atoms with Gasteiger partial charge in [0.15, 0.2) is 5.11 Å². The standard InChI is InChI=1S/C27H23ClFN5OS/c28-18-5-3-6-21(17-18)33-15-4-8-23(33)26-25(22-7-1-2-14-30-22)32-27(36)34(26)16-13-24(35)31-20-11-9-19(29)10-12-20/h1-12,14-15,17,25-26H,13,16H2,(H,31,35)(H,32,36)/t25-,26+/m1/s1. The van der Waals surface area contributed by atoms with E-state index in [-0.39, 0.29) is 30.2 Å². The Labute approximate surface area is 218 Å². The second-order valence-electron chi connectivity index (χ2n) is 8.41. The van der Waals surface area contributed by atoms with Gasteiger partial charge in [-0.25, -0.2) is 4.39 Å². The highest BCUT2D eigenvalue weighted by molar-refractivity contribution is 7.80. The maximum atomic E-state index is 13.2. The van der Waals surface area contributed by atoms with Gasteiger partial charge in [-0.2, -0.15) is 0 Å². The SMILES string of the molecule is O=C(CCN1C(=S)N[C@H](c2ccccn2)[C@@H]1c1cccn1-c1cccc(Cl)c1)Nc1ccc(F)cc1. The van der Waals surface area contributed by atoms with Crippen molar-refractivity contribution in [2.75, 3.05) is 11.9 Å². The Balaban J connectivity index is 1.44. The lowest BCUT2D eigenvalue weighted by atomic mass is 10.0. The Bertz CT molecular complexity index is 1380. The van der Waals surface area contributed by atoms with Crippen LogP contribution in [-0.4, -0.2) is 32.0 Å². The van der Waals surface area contributed by atoms with E-state index in [0.29, 0.717) is 22.4 Å². The van der Waals surface area contributed by atoms with Crippen molar-refractivity contribution in [3.05, 3.63) is 113 Å². The first-order valence-electron chi connectivity index (χ1n) is 11.5. The number of amides is 1. The molecule has 2 aromatic heterocycles. The number of nitrogens with zero attached hydrogens (tertiary/aromatic N) is 3. The number of halogens is 2. The first kappa shape index (κ1) is 24.0. The summed E-state index contributed by atoms with van der Waals surface area (Å²) in [6.45, 7) is 0.383. The van der Waals surface area contributed by atoms with E-state index in [1.165, 1.54) is 24.3 Å². The largest absolute Gasteiger partial charge is 0.352 e. The zero-order valence-electron chi connectivity index (χ0n) is 19.1. The average molecular weight is 520 g/mol. The molecule has 0 unspecified atom stereocenters. The molecule has 9 heteroatoms. The van der Waals surface area contributed by atoms with E-state index in [2.05, 4.69) is 20.2 Å². The summed E-state index contributed by atoms with van der Waals surface area (Å²) in [5, 5.41) is 7.41. The molecule has 36 heavy (non-hydrogen) atoms. The number of benzene rings is 2. The summed E-state index contributed by atoms with van der Waals surface area (Å²) in [7, 11) is 0. The fourth-order valence-electron chi connectivity index (χ4n) is 4.44. The van der Waals surface area contributed by atoms with Gasteiger partial charge in [-0.05, 0) is 78.9 Å². The van der Waals surface area contributed by atoms with Crippen LogP contribution in [0.4, 0.5) is 10.1 Å². The van der Waals surface area contributed by atoms with Gasteiger partial charge in [-0.15, -0.1) is 0 Å². The molecule has 1 aliphatic rings. The van der Waals surface area contributed by atoms with E-state index in [9.17, 15) is 9.18 Å². The van der Waals surface area contributed by atoms with E-state index >= 15 is 0 Å². The number of carbonyl (C=O) groups excluding carboxylic acids is 1. The van der Waals surface area contributed by atoms with Crippen LogP contribution in [0.15, 0.2) is 91.3 Å². The molecule has 1 fully saturated rings. The molecule has 3 heterocycles. The Hall–Kier alpha value is -3.75. The van der Waals surface area contributed by atoms with Gasteiger partial charge in [0.2, 0.25) is 5.91 Å². The van der Waals surface area contributed by atoms with Gasteiger partial charge in [-0.3, -0.25) is 9.78 Å². The molecule has 1 amide bonds. The Morgan fingerprint density at radius 2 is 1.92 bits per heavy atom. The molecule has 0 aliphatic carbocycles. The van der Waals surface area contributed by atoms with Crippen LogP contribution in [0.5, 0.6) is 0 Å². The molecule has 0 saturated carbocycles. The topological polar surface area (TPSA) is 62.2 Å². The third kappa shape index (κ3) is 5.10. The lowest BCUT2D eigenvalue weighted by Gasteiger charge is -2.29. The second kappa shape index (κ2) is 10.5. The van der Waals surface area contributed by atoms with E-state index in [0.717, 1.165) is 17.1 Å². The monoisotopic (exact) mass is 519 g/mol. The van der Waals surface area contributed by atoms with Crippen molar-refractivity contribution in [3.63, 3.8) is 0 Å². The minimum Gasteiger partial charge on any atom is -0.352 e. The van der Waals surface area contributed by atoms with E-state index in [1.807, 2.05) is 65.7 Å². The van der Waals surface area contributed by atoms with Crippen LogP contribution in [-0.2, 0) is 4.79 Å². The zero-order chi connectivity index (χ0) is 25.1. The molecule has 6 nitrogen and oxygen atoms in total. The normalized spacial score (nSPS) is 17.2. The summed E-state index contributed by atoms with van der Waals surface area (Å²) >= 11 is 12.0. The Kier molecular flexibility index (Phi) is 6.97. The summed E-state index contributed by atoms with van der Waals surface area (Å²) in [5.74, 6) is -0.540. The number of hydrogen-bond donors (Lipinski definition) is 2. The van der Waals surface area contributed by atoms with Crippen LogP contribution >= 0.6 is 23.8 Å². The van der Waals surface area contributed by atoms with E-state index in [1.54, 1.807) is 6.20 Å². The minimum absolute atomic E-state index is 0.185. The summed E-state index contributed by atoms with van der Waals surface area (Å²) in [5.41, 5.74) is 3.30. The number of thiocarbonyl (C=S) groups is 1. The minimum atomic E-state index is -0.354. The van der Waals surface area contributed by atoms with Crippen LogP contribution in [0, 0.1) is 5.82 Å². The molecule has 1 saturated heterocycles. The molecule has 2 atom stereocenters. The molecule has 1 aliphatic heterocycles. The molecule has 4 aromatic rings. The van der Waals surface area contributed by atoms with Gasteiger partial charge in [0.05, 0.1) is 17.8 Å². The summed E-state index contributed by atoms with van der Waals surface area (Å²) in [6.07, 6.45) is 3.94. The van der Waals surface area contributed by atoms with Gasteiger partial charge in [-0.1, -0.05) is 23.7 Å². The van der Waals surface area contributed by atoms with Gasteiger partial charge >= 0.3 is 0 Å². The van der Waals surface area contributed by atoms with Crippen LogP contribution < -0.4 is 10.6 Å². The Morgan fingerprint density at radius 3 is 2.67 bits per heavy atom. The highest BCUT2D eigenvalue weighted by Gasteiger charge is 2.41. The van der Waals surface area contributed by atoms with Crippen molar-refractivity contribution in [1.82, 2.24) is 19.8 Å². The average Bonchev–Trinajstić information content (AvgIpc) is 3.49. The number of anilines is 1. The first-order chi connectivity index (χ1) is 17.5. The molecule has 0 spiro atoms. The van der Waals surface area contributed by atoms with Crippen LogP contribution in [0.3, 0.4) is 0 Å². The van der Waals surface area contributed by atoms with Crippen LogP contribution in [0.25, 0.3) is 5.69 Å². The van der Waals surface area contributed by atoms with Gasteiger partial charge in [0, 0.05) is 47.5 Å². The van der Waals surface area contributed by atoms with Crippen LogP contribution in [0.1, 0.15) is 29.9 Å². The van der Waals surface area contributed by atoms with Gasteiger partial charge < -0.3 is 20.1 Å². The molecule has 2 N–H and O–H groups in total. The number of hydrogen-bond acceptors (Lipinski definition) is 3. The fourth-order valence-corrected chi connectivity index (χ4v) is 4.96. The van der Waals surface area contributed by atoms with Gasteiger partial charge in [0.1, 0.15) is 5.82 Å². The quantitative estimate of drug-likeness (QED) is 0.308. The molecule has 0 bridgehead atoms. The predicted molar refractivity (Wildman–Crippen MR) is 143 cm³/mol. The number of nitrogens with one attached hydrogen (secondary N) is 2. The van der Waals surface area contributed by atoms with Crippen molar-refractivity contribution in [2.24, 2.45) is 0 Å². The highest BCUT2D eigenvalue weighted by atomic mass is 35.5. The van der Waals surface area contributed by atoms with Crippen molar-refractivity contribution in [1.29, 1.82) is 0 Å². The molecular formula is C27H23ClFN5OS. The smallest absolute Gasteiger partial charge is 0.226 e. The molecule has 182 valence electrons. The third-order valence-electron chi connectivity index (χ3n) is 6.08. The van der Waals surface area contributed by atoms with E-state index < -0.39 is 0 Å². The van der Waals surface area contributed by atoms with Crippen molar-refractivity contribution in [3.8, 4) is 5.69 Å². The highest BCUT2D eigenvalue weighted by Crippen LogP contribution is 2.39. The number of rotatable bonds is 7. The molecule has 2 aromatic carbocycles. The van der Waals surface area contributed by atoms with Crippen molar-refractivity contribution >= 4 is 40.5 Å². The number of carbonyl (C=O) groups is 1.